The molecule has 4 atom stereocenters. The van der Waals surface area contributed by atoms with E-state index in [0.29, 0.717) is 6.04 Å². The number of hydrogen-bond acceptors (Lipinski definition) is 1. The highest BCUT2D eigenvalue weighted by atomic mass is 14.6. The molecule has 15 heavy (non-hydrogen) atoms. The second kappa shape index (κ2) is 4.36. The van der Waals surface area contributed by atoms with Crippen molar-refractivity contribution in [1.29, 1.82) is 0 Å². The smallest absolute Gasteiger partial charge is 0.00131 e. The summed E-state index contributed by atoms with van der Waals surface area (Å²) < 4.78 is 0. The van der Waals surface area contributed by atoms with Crippen LogP contribution in [0.3, 0.4) is 0 Å². The van der Waals surface area contributed by atoms with Crippen LogP contribution in [0.25, 0.3) is 0 Å². The normalized spacial score (nSPS) is 28.5. The van der Waals surface area contributed by atoms with Gasteiger partial charge in [0, 0.05) is 6.04 Å². The molecule has 1 nitrogen and oxygen atoms in total. The first-order valence-electron chi connectivity index (χ1n) is 5.99. The van der Waals surface area contributed by atoms with E-state index in [4.69, 9.17) is 5.73 Å². The van der Waals surface area contributed by atoms with Crippen LogP contribution < -0.4 is 5.73 Å². The molecular weight excluding hydrogens is 182 g/mol. The second-order valence-electron chi connectivity index (χ2n) is 5.11. The van der Waals surface area contributed by atoms with Crippen LogP contribution in [0, 0.1) is 11.8 Å². The van der Waals surface area contributed by atoms with Gasteiger partial charge in [-0.05, 0) is 43.1 Å². The van der Waals surface area contributed by atoms with E-state index in [1.54, 1.807) is 0 Å². The lowest BCUT2D eigenvalue weighted by Gasteiger charge is -2.13. The van der Waals surface area contributed by atoms with Gasteiger partial charge in [-0.1, -0.05) is 37.3 Å². The quantitative estimate of drug-likeness (QED) is 0.799. The molecule has 0 bridgehead atoms. The molecule has 0 aromatic heterocycles. The van der Waals surface area contributed by atoms with Crippen LogP contribution in [0.2, 0.25) is 0 Å². The molecule has 1 fully saturated rings. The Morgan fingerprint density at radius 2 is 1.93 bits per heavy atom. The van der Waals surface area contributed by atoms with Crippen molar-refractivity contribution in [2.45, 2.75) is 38.6 Å². The molecule has 1 aliphatic carbocycles. The van der Waals surface area contributed by atoms with Crippen LogP contribution >= 0.6 is 0 Å². The summed E-state index contributed by atoms with van der Waals surface area (Å²) in [5, 5.41) is 0. The molecule has 1 aromatic carbocycles. The third-order valence-electron chi connectivity index (χ3n) is 3.54. The van der Waals surface area contributed by atoms with Gasteiger partial charge in [0.05, 0.1) is 0 Å². The summed E-state index contributed by atoms with van der Waals surface area (Å²) in [6.45, 7) is 4.45. The van der Waals surface area contributed by atoms with Gasteiger partial charge < -0.3 is 5.73 Å². The van der Waals surface area contributed by atoms with Crippen LogP contribution in [0.15, 0.2) is 30.3 Å². The van der Waals surface area contributed by atoms with Crippen molar-refractivity contribution in [2.75, 3.05) is 0 Å². The highest BCUT2D eigenvalue weighted by Crippen LogP contribution is 2.52. The summed E-state index contributed by atoms with van der Waals surface area (Å²) in [4.78, 5) is 0. The minimum absolute atomic E-state index is 0.344. The third kappa shape index (κ3) is 2.60. The van der Waals surface area contributed by atoms with E-state index >= 15 is 0 Å². The van der Waals surface area contributed by atoms with Crippen molar-refractivity contribution in [3.05, 3.63) is 35.9 Å². The second-order valence-corrected chi connectivity index (χ2v) is 5.11. The Morgan fingerprint density at radius 1 is 1.27 bits per heavy atom. The van der Waals surface area contributed by atoms with Gasteiger partial charge in [-0.15, -0.1) is 0 Å². The summed E-state index contributed by atoms with van der Waals surface area (Å²) in [5.41, 5.74) is 7.36. The predicted molar refractivity (Wildman–Crippen MR) is 64.7 cm³/mol. The van der Waals surface area contributed by atoms with Crippen molar-refractivity contribution in [2.24, 2.45) is 17.6 Å². The maximum atomic E-state index is 5.84. The summed E-state index contributed by atoms with van der Waals surface area (Å²) >= 11 is 0. The molecule has 2 rings (SSSR count). The molecule has 4 unspecified atom stereocenters. The highest BCUT2D eigenvalue weighted by molar-refractivity contribution is 5.25. The van der Waals surface area contributed by atoms with Gasteiger partial charge in [0.1, 0.15) is 0 Å². The maximum Gasteiger partial charge on any atom is 0.00131 e. The Morgan fingerprint density at radius 3 is 2.53 bits per heavy atom. The number of rotatable bonds is 4. The Kier molecular flexibility index (Phi) is 3.11. The lowest BCUT2D eigenvalue weighted by atomic mass is 9.95. The SMILES string of the molecule is CC(N)CC(C)C1CC1c1ccccc1. The fourth-order valence-corrected chi connectivity index (χ4v) is 2.69. The van der Waals surface area contributed by atoms with Crippen LogP contribution in [0.5, 0.6) is 0 Å². The van der Waals surface area contributed by atoms with E-state index in [0.717, 1.165) is 24.2 Å². The first kappa shape index (κ1) is 10.7. The highest BCUT2D eigenvalue weighted by Gasteiger charge is 2.41. The van der Waals surface area contributed by atoms with Crippen LogP contribution in [0.4, 0.5) is 0 Å². The first-order valence-corrected chi connectivity index (χ1v) is 5.99. The van der Waals surface area contributed by atoms with E-state index in [9.17, 15) is 0 Å². The summed E-state index contributed by atoms with van der Waals surface area (Å²) in [5.74, 6) is 2.45. The molecule has 1 aromatic rings. The van der Waals surface area contributed by atoms with Gasteiger partial charge in [0.2, 0.25) is 0 Å². The Balaban J connectivity index is 1.91. The van der Waals surface area contributed by atoms with E-state index in [1.165, 1.54) is 12.0 Å². The molecule has 82 valence electrons. The fraction of sp³-hybridized carbons (Fsp3) is 0.571. The van der Waals surface area contributed by atoms with Crippen molar-refractivity contribution in [3.63, 3.8) is 0 Å². The number of nitrogens with two attached hydrogens (primary N) is 1. The Hall–Kier alpha value is -0.820. The molecule has 1 heteroatoms. The van der Waals surface area contributed by atoms with Crippen molar-refractivity contribution >= 4 is 0 Å². The van der Waals surface area contributed by atoms with Gasteiger partial charge in [-0.25, -0.2) is 0 Å². The summed E-state index contributed by atoms with van der Waals surface area (Å²) in [7, 11) is 0. The average molecular weight is 203 g/mol. The molecule has 0 aliphatic heterocycles. The van der Waals surface area contributed by atoms with Crippen LogP contribution in [-0.4, -0.2) is 6.04 Å². The van der Waals surface area contributed by atoms with E-state index < -0.39 is 0 Å². The minimum atomic E-state index is 0.344. The zero-order chi connectivity index (χ0) is 10.8. The molecule has 0 saturated heterocycles. The largest absolute Gasteiger partial charge is 0.328 e. The van der Waals surface area contributed by atoms with E-state index in [1.807, 2.05) is 0 Å². The maximum absolute atomic E-state index is 5.84. The van der Waals surface area contributed by atoms with Crippen molar-refractivity contribution in [1.82, 2.24) is 0 Å². The molecule has 0 heterocycles. The van der Waals surface area contributed by atoms with E-state index in [-0.39, 0.29) is 0 Å². The Labute approximate surface area is 92.7 Å². The van der Waals surface area contributed by atoms with Gasteiger partial charge in [-0.3, -0.25) is 0 Å². The monoisotopic (exact) mass is 203 g/mol. The molecule has 0 radical (unpaired) electrons. The molecule has 1 aliphatic rings. The fourth-order valence-electron chi connectivity index (χ4n) is 2.69. The molecule has 2 N–H and O–H groups in total. The first-order chi connectivity index (χ1) is 7.18. The lowest BCUT2D eigenvalue weighted by Crippen LogP contribution is -2.19. The molecule has 0 amide bonds. The zero-order valence-electron chi connectivity index (χ0n) is 9.69. The van der Waals surface area contributed by atoms with Gasteiger partial charge in [-0.2, -0.15) is 0 Å². The average Bonchev–Trinajstić information content (AvgIpc) is 2.97. The van der Waals surface area contributed by atoms with Crippen molar-refractivity contribution in [3.8, 4) is 0 Å². The van der Waals surface area contributed by atoms with Gasteiger partial charge >= 0.3 is 0 Å². The van der Waals surface area contributed by atoms with Crippen molar-refractivity contribution < 1.29 is 0 Å². The number of benzene rings is 1. The zero-order valence-corrected chi connectivity index (χ0v) is 9.69. The van der Waals surface area contributed by atoms with Gasteiger partial charge in [0.15, 0.2) is 0 Å². The minimum Gasteiger partial charge on any atom is -0.328 e. The Bertz CT molecular complexity index is 304. The van der Waals surface area contributed by atoms with E-state index in [2.05, 4.69) is 44.2 Å². The summed E-state index contributed by atoms with van der Waals surface area (Å²) in [6, 6.07) is 11.2. The molecular formula is C14H21N. The topological polar surface area (TPSA) is 26.0 Å². The predicted octanol–water partition coefficient (Wildman–Crippen LogP) is 3.16. The van der Waals surface area contributed by atoms with Gasteiger partial charge in [0.25, 0.3) is 0 Å². The third-order valence-corrected chi connectivity index (χ3v) is 3.54. The lowest BCUT2D eigenvalue weighted by molar-refractivity contribution is 0.425. The molecule has 1 saturated carbocycles. The summed E-state index contributed by atoms with van der Waals surface area (Å²) in [6.07, 6.45) is 2.52. The standard InChI is InChI=1S/C14H21N/c1-10(8-11(2)15)13-9-14(13)12-6-4-3-5-7-12/h3-7,10-11,13-14H,8-9,15H2,1-2H3. The number of hydrogen-bond donors (Lipinski definition) is 1. The van der Waals surface area contributed by atoms with Crippen LogP contribution in [-0.2, 0) is 0 Å². The molecule has 0 spiro atoms. The van der Waals surface area contributed by atoms with Crippen LogP contribution in [0.1, 0.15) is 38.2 Å².